The summed E-state index contributed by atoms with van der Waals surface area (Å²) in [7, 11) is 0. The van der Waals surface area contributed by atoms with E-state index in [1.54, 1.807) is 6.92 Å². The van der Waals surface area contributed by atoms with Gasteiger partial charge in [-0.2, -0.15) is 0 Å². The molecule has 0 unspecified atom stereocenters. The molecule has 0 spiro atoms. The maximum Gasteiger partial charge on any atom is 0.311 e. The van der Waals surface area contributed by atoms with E-state index in [-0.39, 0.29) is 5.97 Å². The number of carbonyl (C=O) groups excluding carboxylic acids is 1. The van der Waals surface area contributed by atoms with E-state index in [0.717, 1.165) is 5.56 Å². The molecule has 0 amide bonds. The zero-order valence-electron chi connectivity index (χ0n) is 8.32. The van der Waals surface area contributed by atoms with Gasteiger partial charge in [0.25, 0.3) is 0 Å². The minimum absolute atomic E-state index is 0.221. The Bertz CT molecular complexity index is 314. The highest BCUT2D eigenvalue weighted by Gasteiger charge is 2.03. The molecule has 0 radical (unpaired) electrons. The van der Waals surface area contributed by atoms with E-state index in [4.69, 9.17) is 4.74 Å². The fraction of sp³-hybridized carbons (Fsp3) is 0.250. The number of carbonyl (C=O) groups is 1. The zero-order valence-corrected chi connectivity index (χ0v) is 8.32. The summed E-state index contributed by atoms with van der Waals surface area (Å²) in [5.41, 5.74) is 1.14. The van der Waals surface area contributed by atoms with Gasteiger partial charge in [0.15, 0.2) is 0 Å². The van der Waals surface area contributed by atoms with Gasteiger partial charge >= 0.3 is 5.97 Å². The fourth-order valence-corrected chi connectivity index (χ4v) is 1.14. The average Bonchev–Trinajstić information content (AvgIpc) is 2.15. The smallest absolute Gasteiger partial charge is 0.311 e. The van der Waals surface area contributed by atoms with Crippen molar-refractivity contribution in [3.8, 4) is 0 Å². The zero-order chi connectivity index (χ0) is 10.4. The van der Waals surface area contributed by atoms with E-state index in [0.29, 0.717) is 18.6 Å². The third kappa shape index (κ3) is 3.90. The topological polar surface area (TPSA) is 26.3 Å². The lowest BCUT2D eigenvalue weighted by atomic mass is 10.1. The lowest BCUT2D eigenvalue weighted by Gasteiger charge is -2.02. The predicted octanol–water partition coefficient (Wildman–Crippen LogP) is 2.70. The maximum absolute atomic E-state index is 11.1. The number of hydrogen-bond donors (Lipinski definition) is 0. The number of esters is 1. The fourth-order valence-electron chi connectivity index (χ4n) is 1.14. The molecule has 0 bridgehead atoms. The van der Waals surface area contributed by atoms with Crippen LogP contribution in [-0.2, 0) is 16.0 Å². The summed E-state index contributed by atoms with van der Waals surface area (Å²) in [6, 6.07) is 9.86. The van der Waals surface area contributed by atoms with Crippen LogP contribution in [0.3, 0.4) is 0 Å². The van der Waals surface area contributed by atoms with Crippen molar-refractivity contribution in [3.05, 3.63) is 48.2 Å². The number of benzene rings is 1. The lowest BCUT2D eigenvalue weighted by molar-refractivity contribution is -0.139. The van der Waals surface area contributed by atoms with Gasteiger partial charge in [-0.1, -0.05) is 36.9 Å². The van der Waals surface area contributed by atoms with E-state index in [9.17, 15) is 4.79 Å². The predicted molar refractivity (Wildman–Crippen MR) is 55.7 cm³/mol. The van der Waals surface area contributed by atoms with E-state index in [1.165, 1.54) is 0 Å². The molecule has 0 saturated heterocycles. The van der Waals surface area contributed by atoms with Crippen LogP contribution in [0.4, 0.5) is 0 Å². The highest BCUT2D eigenvalue weighted by molar-refractivity contribution is 5.70. The van der Waals surface area contributed by atoms with Crippen LogP contribution in [0.5, 0.6) is 0 Å². The molecule has 0 fully saturated rings. The molecule has 74 valence electrons. The molecule has 2 nitrogen and oxygen atoms in total. The Hall–Kier alpha value is -1.57. The van der Waals surface area contributed by atoms with E-state index >= 15 is 0 Å². The first-order chi connectivity index (χ1) is 6.68. The van der Waals surface area contributed by atoms with Gasteiger partial charge in [0.05, 0.1) is 5.76 Å². The van der Waals surface area contributed by atoms with Gasteiger partial charge in [0.1, 0.15) is 0 Å². The van der Waals surface area contributed by atoms with Crippen molar-refractivity contribution in [1.82, 2.24) is 0 Å². The Kier molecular flexibility index (Phi) is 3.92. The molecule has 0 N–H and O–H groups in total. The summed E-state index contributed by atoms with van der Waals surface area (Å²) in [4.78, 5) is 11.1. The van der Waals surface area contributed by atoms with Crippen LogP contribution in [0.15, 0.2) is 42.7 Å². The molecule has 1 aromatic carbocycles. The first-order valence-electron chi connectivity index (χ1n) is 4.58. The largest absolute Gasteiger partial charge is 0.432 e. The van der Waals surface area contributed by atoms with Crippen molar-refractivity contribution in [2.45, 2.75) is 19.8 Å². The van der Waals surface area contributed by atoms with E-state index in [1.807, 2.05) is 30.3 Å². The molecule has 0 aliphatic rings. The third-order valence-corrected chi connectivity index (χ3v) is 1.75. The minimum Gasteiger partial charge on any atom is -0.432 e. The van der Waals surface area contributed by atoms with Crippen molar-refractivity contribution in [3.63, 3.8) is 0 Å². The van der Waals surface area contributed by atoms with Crippen molar-refractivity contribution < 1.29 is 9.53 Å². The molecule has 0 atom stereocenters. The Labute approximate surface area is 84.2 Å². The summed E-state index contributed by atoms with van der Waals surface area (Å²) in [5.74, 6) is 0.226. The monoisotopic (exact) mass is 190 g/mol. The molecule has 1 aromatic rings. The number of rotatable bonds is 4. The number of aryl methyl sites for hydroxylation is 1. The van der Waals surface area contributed by atoms with E-state index in [2.05, 4.69) is 6.58 Å². The van der Waals surface area contributed by atoms with Crippen molar-refractivity contribution in [1.29, 1.82) is 0 Å². The molecule has 2 heteroatoms. The molecular weight excluding hydrogens is 176 g/mol. The molecule has 0 aliphatic carbocycles. The van der Waals surface area contributed by atoms with Gasteiger partial charge in [-0.05, 0) is 18.9 Å². The maximum atomic E-state index is 11.1. The van der Waals surface area contributed by atoms with E-state index < -0.39 is 0 Å². The van der Waals surface area contributed by atoms with Crippen LogP contribution in [0.25, 0.3) is 0 Å². The Morgan fingerprint density at radius 2 is 2.00 bits per heavy atom. The molecular formula is C12H14O2. The summed E-state index contributed by atoms with van der Waals surface area (Å²) < 4.78 is 4.84. The van der Waals surface area contributed by atoms with Crippen molar-refractivity contribution in [2.75, 3.05) is 0 Å². The van der Waals surface area contributed by atoms with Gasteiger partial charge in [-0.25, -0.2) is 0 Å². The SMILES string of the molecule is C=C(C)OC(=O)CCc1ccccc1. The van der Waals surface area contributed by atoms with Gasteiger partial charge in [0, 0.05) is 6.42 Å². The third-order valence-electron chi connectivity index (χ3n) is 1.75. The average molecular weight is 190 g/mol. The summed E-state index contributed by atoms with van der Waals surface area (Å²) in [6.45, 7) is 5.17. The summed E-state index contributed by atoms with van der Waals surface area (Å²) >= 11 is 0. The Balaban J connectivity index is 2.34. The van der Waals surface area contributed by atoms with Crippen molar-refractivity contribution >= 4 is 5.97 Å². The van der Waals surface area contributed by atoms with Gasteiger partial charge in [0.2, 0.25) is 0 Å². The van der Waals surface area contributed by atoms with Gasteiger partial charge < -0.3 is 4.74 Å². The second kappa shape index (κ2) is 5.22. The molecule has 0 saturated carbocycles. The number of allylic oxidation sites excluding steroid dienone is 1. The Morgan fingerprint density at radius 1 is 1.36 bits per heavy atom. The molecule has 0 aromatic heterocycles. The summed E-state index contributed by atoms with van der Waals surface area (Å²) in [6.07, 6.45) is 1.11. The normalized spacial score (nSPS) is 9.50. The van der Waals surface area contributed by atoms with Crippen LogP contribution in [0.1, 0.15) is 18.9 Å². The molecule has 14 heavy (non-hydrogen) atoms. The highest BCUT2D eigenvalue weighted by atomic mass is 16.5. The van der Waals surface area contributed by atoms with Gasteiger partial charge in [-0.15, -0.1) is 0 Å². The summed E-state index contributed by atoms with van der Waals surface area (Å²) in [5, 5.41) is 0. The second-order valence-corrected chi connectivity index (χ2v) is 3.16. The van der Waals surface area contributed by atoms with Crippen LogP contribution < -0.4 is 0 Å². The first-order valence-corrected chi connectivity index (χ1v) is 4.58. The molecule has 0 heterocycles. The van der Waals surface area contributed by atoms with Gasteiger partial charge in [-0.3, -0.25) is 4.79 Å². The van der Waals surface area contributed by atoms with Crippen LogP contribution in [-0.4, -0.2) is 5.97 Å². The number of ether oxygens (including phenoxy) is 1. The Morgan fingerprint density at radius 3 is 2.57 bits per heavy atom. The van der Waals surface area contributed by atoms with Crippen LogP contribution in [0, 0.1) is 0 Å². The van der Waals surface area contributed by atoms with Crippen molar-refractivity contribution in [2.24, 2.45) is 0 Å². The second-order valence-electron chi connectivity index (χ2n) is 3.16. The first kappa shape index (κ1) is 10.5. The minimum atomic E-state index is -0.221. The van der Waals surface area contributed by atoms with Crippen LogP contribution in [0.2, 0.25) is 0 Å². The number of hydrogen-bond acceptors (Lipinski definition) is 2. The standard InChI is InChI=1S/C12H14O2/c1-10(2)14-12(13)9-8-11-6-4-3-5-7-11/h3-7H,1,8-9H2,2H3. The van der Waals surface area contributed by atoms with Crippen LogP contribution >= 0.6 is 0 Å². The highest BCUT2D eigenvalue weighted by Crippen LogP contribution is 2.04. The molecule has 1 rings (SSSR count). The molecule has 0 aliphatic heterocycles. The quantitative estimate of drug-likeness (QED) is 0.539. The lowest BCUT2D eigenvalue weighted by Crippen LogP contribution is -2.03.